The van der Waals surface area contributed by atoms with Gasteiger partial charge in [-0.2, -0.15) is 0 Å². The zero-order valence-corrected chi connectivity index (χ0v) is 22.4. The zero-order valence-electron chi connectivity index (χ0n) is 22.4. The molecule has 0 saturated carbocycles. The van der Waals surface area contributed by atoms with Crippen LogP contribution >= 0.6 is 0 Å². The van der Waals surface area contributed by atoms with Gasteiger partial charge in [0.25, 0.3) is 0 Å². The van der Waals surface area contributed by atoms with Crippen LogP contribution in [0.15, 0.2) is 48.8 Å². The average Bonchev–Trinajstić information content (AvgIpc) is 2.92. The number of aromatic nitrogens is 2. The Morgan fingerprint density at radius 2 is 1.61 bits per heavy atom. The number of hydrogen-bond donors (Lipinski definition) is 1. The van der Waals surface area contributed by atoms with Gasteiger partial charge < -0.3 is 19.5 Å². The number of ether oxygens (including phenoxy) is 3. The number of nitrogens with zero attached hydrogens (tertiary/aromatic N) is 2. The number of benzene rings is 3. The first-order chi connectivity index (χ1) is 18.4. The van der Waals surface area contributed by atoms with Gasteiger partial charge >= 0.3 is 0 Å². The van der Waals surface area contributed by atoms with E-state index in [9.17, 15) is 8.78 Å². The first kappa shape index (κ1) is 27.1. The molecule has 0 amide bonds. The van der Waals surface area contributed by atoms with Crippen LogP contribution < -0.4 is 19.5 Å². The first-order valence-corrected chi connectivity index (χ1v) is 12.8. The highest BCUT2D eigenvalue weighted by atomic mass is 19.1. The third-order valence-electron chi connectivity index (χ3n) is 6.52. The zero-order chi connectivity index (χ0) is 27.2. The molecule has 0 aliphatic rings. The molecule has 38 heavy (non-hydrogen) atoms. The maximum atomic E-state index is 14.9. The summed E-state index contributed by atoms with van der Waals surface area (Å²) >= 11 is 0. The van der Waals surface area contributed by atoms with Gasteiger partial charge in [-0.05, 0) is 55.7 Å². The molecule has 1 heterocycles. The van der Waals surface area contributed by atoms with Gasteiger partial charge in [-0.1, -0.05) is 32.8 Å². The smallest absolute Gasteiger partial charge is 0.162 e. The summed E-state index contributed by atoms with van der Waals surface area (Å²) in [6, 6.07) is 11.6. The molecule has 0 unspecified atom stereocenters. The van der Waals surface area contributed by atoms with E-state index in [0.29, 0.717) is 45.4 Å². The number of methoxy groups -OCH3 is 2. The number of nitrogens with one attached hydrogen (secondary N) is 1. The molecule has 200 valence electrons. The van der Waals surface area contributed by atoms with E-state index in [4.69, 9.17) is 14.2 Å². The van der Waals surface area contributed by atoms with E-state index < -0.39 is 11.6 Å². The summed E-state index contributed by atoms with van der Waals surface area (Å²) in [6.45, 7) is 5.70. The Morgan fingerprint density at radius 1 is 0.868 bits per heavy atom. The van der Waals surface area contributed by atoms with Crippen LogP contribution in [0.1, 0.15) is 45.1 Å². The minimum atomic E-state index is -0.601. The second-order valence-electron chi connectivity index (χ2n) is 9.13. The number of hydrogen-bond acceptors (Lipinski definition) is 6. The van der Waals surface area contributed by atoms with E-state index >= 15 is 0 Å². The lowest BCUT2D eigenvalue weighted by atomic mass is 10.0. The minimum Gasteiger partial charge on any atom is -0.495 e. The Balaban J connectivity index is 1.77. The molecule has 1 N–H and O–H groups in total. The molecule has 0 aliphatic carbocycles. The van der Waals surface area contributed by atoms with E-state index in [1.807, 2.05) is 12.1 Å². The van der Waals surface area contributed by atoms with Gasteiger partial charge in [0, 0.05) is 22.6 Å². The monoisotopic (exact) mass is 521 g/mol. The van der Waals surface area contributed by atoms with Crippen molar-refractivity contribution in [3.63, 3.8) is 0 Å². The normalized spacial score (nSPS) is 11.2. The number of halogens is 2. The van der Waals surface area contributed by atoms with Gasteiger partial charge in [-0.25, -0.2) is 18.7 Å². The molecule has 0 aliphatic heterocycles. The summed E-state index contributed by atoms with van der Waals surface area (Å²) < 4.78 is 46.3. The summed E-state index contributed by atoms with van der Waals surface area (Å²) in [4.78, 5) is 8.89. The molecule has 4 rings (SSSR count). The van der Waals surface area contributed by atoms with Crippen molar-refractivity contribution >= 4 is 22.4 Å². The molecular formula is C30H33F2N3O3. The lowest BCUT2D eigenvalue weighted by molar-refractivity contribution is 0.172. The Kier molecular flexibility index (Phi) is 8.61. The molecular weight excluding hydrogens is 488 g/mol. The van der Waals surface area contributed by atoms with Crippen molar-refractivity contribution in [3.8, 4) is 28.4 Å². The number of anilines is 2. The Labute approximate surface area is 222 Å². The van der Waals surface area contributed by atoms with E-state index in [1.54, 1.807) is 32.4 Å². The summed E-state index contributed by atoms with van der Waals surface area (Å²) in [5.41, 5.74) is 2.07. The molecule has 8 heteroatoms. The van der Waals surface area contributed by atoms with Gasteiger partial charge in [0.2, 0.25) is 0 Å². The molecule has 6 nitrogen and oxygen atoms in total. The van der Waals surface area contributed by atoms with Gasteiger partial charge in [0.15, 0.2) is 11.5 Å². The predicted octanol–water partition coefficient (Wildman–Crippen LogP) is 7.99. The lowest BCUT2D eigenvalue weighted by Crippen LogP contribution is -2.16. The van der Waals surface area contributed by atoms with Gasteiger partial charge in [-0.15, -0.1) is 0 Å². The van der Waals surface area contributed by atoms with Crippen LogP contribution in [0.2, 0.25) is 0 Å². The maximum Gasteiger partial charge on any atom is 0.162 e. The summed E-state index contributed by atoms with van der Waals surface area (Å²) in [7, 11) is 3.16. The van der Waals surface area contributed by atoms with Crippen molar-refractivity contribution in [2.75, 3.05) is 19.5 Å². The second kappa shape index (κ2) is 12.1. The lowest BCUT2D eigenvalue weighted by Gasteiger charge is -2.20. The highest BCUT2D eigenvalue weighted by molar-refractivity contribution is 5.93. The van der Waals surface area contributed by atoms with E-state index in [-0.39, 0.29) is 11.7 Å². The minimum absolute atomic E-state index is 0.0273. The fourth-order valence-electron chi connectivity index (χ4n) is 4.49. The van der Waals surface area contributed by atoms with Crippen LogP contribution in [0.4, 0.5) is 20.3 Å². The molecule has 0 spiro atoms. The van der Waals surface area contributed by atoms with E-state index in [0.717, 1.165) is 31.1 Å². The van der Waals surface area contributed by atoms with Gasteiger partial charge in [0.05, 0.1) is 31.5 Å². The highest BCUT2D eigenvalue weighted by Gasteiger charge is 2.18. The van der Waals surface area contributed by atoms with Crippen LogP contribution in [0.3, 0.4) is 0 Å². The molecule has 4 aromatic rings. The number of rotatable bonds is 11. The summed E-state index contributed by atoms with van der Waals surface area (Å²) in [5.74, 6) is 1.10. The molecule has 0 bridgehead atoms. The van der Waals surface area contributed by atoms with Crippen molar-refractivity contribution in [2.24, 2.45) is 0 Å². The third kappa shape index (κ3) is 5.64. The van der Waals surface area contributed by atoms with Crippen LogP contribution in [0.25, 0.3) is 22.0 Å². The Hall–Kier alpha value is -3.94. The third-order valence-corrected chi connectivity index (χ3v) is 6.52. The Bertz CT molecular complexity index is 1420. The topological polar surface area (TPSA) is 65.5 Å². The Morgan fingerprint density at radius 3 is 2.29 bits per heavy atom. The average molecular weight is 522 g/mol. The maximum absolute atomic E-state index is 14.9. The van der Waals surface area contributed by atoms with Crippen LogP contribution in [-0.4, -0.2) is 30.3 Å². The first-order valence-electron chi connectivity index (χ1n) is 12.8. The molecule has 0 radical (unpaired) electrons. The van der Waals surface area contributed by atoms with E-state index in [2.05, 4.69) is 29.1 Å². The van der Waals surface area contributed by atoms with Gasteiger partial charge in [-0.3, -0.25) is 0 Å². The predicted molar refractivity (Wildman–Crippen MR) is 147 cm³/mol. The SMILES string of the molecule is CCCC(CCC)Oc1cc2c(Nc3cc(-c4ccc(F)c(C)c4F)ccc3OC)ncnc2cc1OC. The second-order valence-corrected chi connectivity index (χ2v) is 9.13. The molecule has 0 fully saturated rings. The standard InChI is InChI=1S/C30H33F2N3O3/c1-6-8-20(9-7-2)38-28-15-22-24(16-27(28)37-5)33-17-34-30(22)35-25-14-19(10-13-26(25)36-4)21-11-12-23(31)18(3)29(21)32/h10-17,20H,6-9H2,1-5H3,(H,33,34,35). The molecule has 0 saturated heterocycles. The fourth-order valence-corrected chi connectivity index (χ4v) is 4.49. The van der Waals surface area contributed by atoms with Crippen molar-refractivity contribution in [2.45, 2.75) is 52.6 Å². The summed E-state index contributed by atoms with van der Waals surface area (Å²) in [6.07, 6.45) is 5.44. The van der Waals surface area contributed by atoms with Gasteiger partial charge in [0.1, 0.15) is 29.5 Å². The molecule has 3 aromatic carbocycles. The highest BCUT2D eigenvalue weighted by Crippen LogP contribution is 2.38. The van der Waals surface area contributed by atoms with E-state index in [1.165, 1.54) is 25.4 Å². The fraction of sp³-hybridized carbons (Fsp3) is 0.333. The molecule has 0 atom stereocenters. The van der Waals surface area contributed by atoms with Crippen LogP contribution in [0, 0.1) is 18.6 Å². The van der Waals surface area contributed by atoms with Crippen molar-refractivity contribution in [3.05, 3.63) is 66.0 Å². The van der Waals surface area contributed by atoms with Crippen LogP contribution in [0.5, 0.6) is 17.2 Å². The molecule has 1 aromatic heterocycles. The van der Waals surface area contributed by atoms with Crippen molar-refractivity contribution < 1.29 is 23.0 Å². The summed E-state index contributed by atoms with van der Waals surface area (Å²) in [5, 5.41) is 4.05. The van der Waals surface area contributed by atoms with Crippen molar-refractivity contribution in [1.29, 1.82) is 0 Å². The largest absolute Gasteiger partial charge is 0.495 e. The number of fused-ring (bicyclic) bond motifs is 1. The quantitative estimate of drug-likeness (QED) is 0.216. The van der Waals surface area contributed by atoms with Crippen molar-refractivity contribution in [1.82, 2.24) is 9.97 Å². The van der Waals surface area contributed by atoms with Crippen LogP contribution in [-0.2, 0) is 0 Å².